The van der Waals surface area contributed by atoms with Crippen molar-refractivity contribution in [3.63, 3.8) is 0 Å². The van der Waals surface area contributed by atoms with E-state index in [-0.39, 0.29) is 18.6 Å². The number of carbonyl (C=O) groups excluding carboxylic acids is 4. The van der Waals surface area contributed by atoms with E-state index in [1.807, 2.05) is 30.3 Å². The maximum Gasteiger partial charge on any atom is 0.332 e. The summed E-state index contributed by atoms with van der Waals surface area (Å²) in [6.45, 7) is 0. The molecule has 7 nitrogen and oxygen atoms in total. The van der Waals surface area contributed by atoms with Gasteiger partial charge in [0.05, 0.1) is 7.11 Å². The van der Waals surface area contributed by atoms with Gasteiger partial charge in [0, 0.05) is 38.8 Å². The van der Waals surface area contributed by atoms with Crippen LogP contribution in [0.2, 0.25) is 0 Å². The molecule has 2 aromatic carbocycles. The van der Waals surface area contributed by atoms with Crippen molar-refractivity contribution in [3.8, 4) is 5.75 Å². The van der Waals surface area contributed by atoms with Crippen LogP contribution in [0.1, 0.15) is 35.8 Å². The van der Waals surface area contributed by atoms with Crippen molar-refractivity contribution in [2.45, 2.75) is 24.7 Å². The Morgan fingerprint density at radius 2 is 1.26 bits per heavy atom. The first kappa shape index (κ1) is 20.8. The van der Waals surface area contributed by atoms with E-state index in [4.69, 9.17) is 4.74 Å². The predicted molar refractivity (Wildman–Crippen MR) is 113 cm³/mol. The molecule has 0 aromatic heterocycles. The molecule has 1 saturated carbocycles. The minimum atomic E-state index is -1.60. The average Bonchev–Trinajstić information content (AvgIpc) is 2.81. The molecule has 4 amide bonds. The van der Waals surface area contributed by atoms with Crippen LogP contribution in [0.25, 0.3) is 0 Å². The highest BCUT2D eigenvalue weighted by Gasteiger charge is 2.66. The molecule has 0 N–H and O–H groups in total. The van der Waals surface area contributed by atoms with E-state index in [0.717, 1.165) is 15.4 Å². The summed E-state index contributed by atoms with van der Waals surface area (Å²) < 4.78 is 5.23. The fourth-order valence-corrected chi connectivity index (χ4v) is 5.03. The predicted octanol–water partition coefficient (Wildman–Crippen LogP) is 2.96. The van der Waals surface area contributed by atoms with E-state index in [0.29, 0.717) is 11.3 Å². The fourth-order valence-electron chi connectivity index (χ4n) is 5.03. The van der Waals surface area contributed by atoms with Gasteiger partial charge in [-0.2, -0.15) is 0 Å². The van der Waals surface area contributed by atoms with Gasteiger partial charge in [-0.15, -0.1) is 0 Å². The van der Waals surface area contributed by atoms with E-state index in [1.165, 1.54) is 14.1 Å². The smallest absolute Gasteiger partial charge is 0.332 e. The third kappa shape index (κ3) is 3.03. The first-order valence-electron chi connectivity index (χ1n) is 10.1. The first-order chi connectivity index (χ1) is 14.8. The normalized spacial score (nSPS) is 23.5. The van der Waals surface area contributed by atoms with E-state index >= 15 is 0 Å². The Bertz CT molecular complexity index is 1020. The van der Waals surface area contributed by atoms with Crippen molar-refractivity contribution < 1.29 is 23.9 Å². The van der Waals surface area contributed by atoms with Gasteiger partial charge in [0.1, 0.15) is 16.9 Å². The number of ether oxygens (including phenoxy) is 1. The molecule has 1 spiro atoms. The van der Waals surface area contributed by atoms with Crippen molar-refractivity contribution in [1.82, 2.24) is 9.80 Å². The van der Waals surface area contributed by atoms with E-state index < -0.39 is 35.1 Å². The number of Topliss-reactive ketones (excluding diaryl/α,β-unsaturated/α-hetero) is 1. The molecular weight excluding hydrogens is 396 g/mol. The number of hydrogen-bond acceptors (Lipinski definition) is 5. The number of nitrogens with zero attached hydrogens (tertiary/aromatic N) is 2. The molecular formula is C24H24N2O5. The Morgan fingerprint density at radius 3 is 1.74 bits per heavy atom. The van der Waals surface area contributed by atoms with Gasteiger partial charge in [-0.25, -0.2) is 4.79 Å². The summed E-state index contributed by atoms with van der Waals surface area (Å²) >= 11 is 0. The summed E-state index contributed by atoms with van der Waals surface area (Å²) in [4.78, 5) is 55.0. The molecule has 1 heterocycles. The van der Waals surface area contributed by atoms with Gasteiger partial charge in [0.2, 0.25) is 11.8 Å². The fraction of sp³-hybridized carbons (Fsp3) is 0.333. The molecule has 4 rings (SSSR count). The quantitative estimate of drug-likeness (QED) is 0.713. The van der Waals surface area contributed by atoms with Crippen molar-refractivity contribution in [1.29, 1.82) is 0 Å². The van der Waals surface area contributed by atoms with Crippen LogP contribution < -0.4 is 4.74 Å². The number of hydrogen-bond donors (Lipinski definition) is 0. The maximum absolute atomic E-state index is 13.8. The number of urea groups is 1. The minimum Gasteiger partial charge on any atom is -0.497 e. The Hall–Kier alpha value is -3.48. The third-order valence-electron chi connectivity index (χ3n) is 6.57. The number of benzene rings is 2. The maximum atomic E-state index is 13.8. The number of carbonyl (C=O) groups is 4. The van der Waals surface area contributed by atoms with Crippen LogP contribution in [0.15, 0.2) is 54.6 Å². The molecule has 2 aromatic rings. The first-order valence-corrected chi connectivity index (χ1v) is 10.1. The molecule has 0 unspecified atom stereocenters. The summed E-state index contributed by atoms with van der Waals surface area (Å²) in [5.74, 6) is -1.91. The molecule has 0 radical (unpaired) electrons. The van der Waals surface area contributed by atoms with Crippen molar-refractivity contribution in [2.75, 3.05) is 21.2 Å². The Kier molecular flexibility index (Phi) is 5.13. The third-order valence-corrected chi connectivity index (χ3v) is 6.57. The van der Waals surface area contributed by atoms with Gasteiger partial charge < -0.3 is 4.74 Å². The number of amides is 4. The topological polar surface area (TPSA) is 84.0 Å². The lowest BCUT2D eigenvalue weighted by molar-refractivity contribution is -0.163. The number of rotatable bonds is 3. The number of barbiturate groups is 1. The van der Waals surface area contributed by atoms with E-state index in [1.54, 1.807) is 31.4 Å². The molecule has 2 atom stereocenters. The Balaban J connectivity index is 1.98. The lowest BCUT2D eigenvalue weighted by Gasteiger charge is -2.51. The lowest BCUT2D eigenvalue weighted by Crippen LogP contribution is -2.68. The number of ketones is 1. The average molecular weight is 420 g/mol. The minimum absolute atomic E-state index is 0.0249. The second-order valence-corrected chi connectivity index (χ2v) is 8.12. The van der Waals surface area contributed by atoms with Crippen LogP contribution in [-0.2, 0) is 14.4 Å². The van der Waals surface area contributed by atoms with Gasteiger partial charge in [0.25, 0.3) is 0 Å². The van der Waals surface area contributed by atoms with Crippen LogP contribution in [-0.4, -0.2) is 54.6 Å². The zero-order valence-corrected chi connectivity index (χ0v) is 17.7. The molecule has 0 bridgehead atoms. The second-order valence-electron chi connectivity index (χ2n) is 8.12. The van der Waals surface area contributed by atoms with Crippen molar-refractivity contribution >= 4 is 23.6 Å². The summed E-state index contributed by atoms with van der Waals surface area (Å²) in [6.07, 6.45) is 0.104. The summed E-state index contributed by atoms with van der Waals surface area (Å²) in [5.41, 5.74) is -0.180. The van der Waals surface area contributed by atoms with Gasteiger partial charge in [-0.05, 0) is 23.3 Å². The van der Waals surface area contributed by atoms with Crippen LogP contribution >= 0.6 is 0 Å². The zero-order chi connectivity index (χ0) is 22.3. The molecule has 1 aliphatic heterocycles. The lowest BCUT2D eigenvalue weighted by atomic mass is 9.54. The number of methoxy groups -OCH3 is 1. The monoisotopic (exact) mass is 420 g/mol. The van der Waals surface area contributed by atoms with Crippen LogP contribution in [0, 0.1) is 5.41 Å². The number of imide groups is 2. The van der Waals surface area contributed by atoms with Crippen molar-refractivity contribution in [2.24, 2.45) is 5.41 Å². The molecule has 7 heteroatoms. The highest BCUT2D eigenvalue weighted by atomic mass is 16.5. The van der Waals surface area contributed by atoms with E-state index in [2.05, 4.69) is 0 Å². The molecule has 1 aliphatic carbocycles. The van der Waals surface area contributed by atoms with Gasteiger partial charge >= 0.3 is 6.03 Å². The zero-order valence-electron chi connectivity index (χ0n) is 17.7. The SMILES string of the molecule is COc1ccc([C@@H]2CC(=O)C[C@H](c3ccccc3)C23C(=O)N(C)C(=O)N(C)C3=O)cc1. The molecule has 1 saturated heterocycles. The summed E-state index contributed by atoms with van der Waals surface area (Å²) in [5, 5.41) is 0. The summed E-state index contributed by atoms with van der Waals surface area (Å²) in [7, 11) is 4.33. The van der Waals surface area contributed by atoms with Gasteiger partial charge in [0.15, 0.2) is 0 Å². The highest BCUT2D eigenvalue weighted by molar-refractivity contribution is 6.21. The van der Waals surface area contributed by atoms with Crippen molar-refractivity contribution in [3.05, 3.63) is 65.7 Å². The van der Waals surface area contributed by atoms with Crippen LogP contribution in [0.5, 0.6) is 5.75 Å². The Labute approximate surface area is 180 Å². The molecule has 2 aliphatic rings. The molecule has 160 valence electrons. The van der Waals surface area contributed by atoms with Gasteiger partial charge in [-0.1, -0.05) is 42.5 Å². The second kappa shape index (κ2) is 7.65. The Morgan fingerprint density at radius 1 is 0.774 bits per heavy atom. The van der Waals surface area contributed by atoms with Crippen LogP contribution in [0.3, 0.4) is 0 Å². The summed E-state index contributed by atoms with van der Waals surface area (Å²) in [6, 6.07) is 15.5. The largest absolute Gasteiger partial charge is 0.497 e. The standard InChI is InChI=1S/C24H24N2O5/c1-25-21(28)24(22(29)26(2)23(25)30)19(15-7-5-4-6-8-15)13-17(27)14-20(24)16-9-11-18(31-3)12-10-16/h4-12,19-20H,13-14H2,1-3H3/t19-,20+/m1/s1. The van der Waals surface area contributed by atoms with Crippen LogP contribution in [0.4, 0.5) is 4.79 Å². The highest BCUT2D eigenvalue weighted by Crippen LogP contribution is 2.57. The van der Waals surface area contributed by atoms with Gasteiger partial charge in [-0.3, -0.25) is 24.2 Å². The van der Waals surface area contributed by atoms with E-state index in [9.17, 15) is 19.2 Å². The molecule has 2 fully saturated rings. The molecule has 31 heavy (non-hydrogen) atoms.